The molecule has 0 radical (unpaired) electrons. The van der Waals surface area contributed by atoms with E-state index in [0.717, 1.165) is 16.6 Å². The number of rotatable bonds is 2. The van der Waals surface area contributed by atoms with Gasteiger partial charge in [-0.2, -0.15) is 5.10 Å². The number of nitrogens with two attached hydrogens (primary N) is 1. The zero-order valence-corrected chi connectivity index (χ0v) is 6.98. The lowest BCUT2D eigenvalue weighted by atomic mass is 10.7. The Morgan fingerprint density at radius 1 is 1.80 bits per heavy atom. The van der Waals surface area contributed by atoms with E-state index in [1.54, 1.807) is 16.4 Å². The van der Waals surface area contributed by atoms with E-state index in [0.29, 0.717) is 0 Å². The van der Waals surface area contributed by atoms with Crippen molar-refractivity contribution in [3.8, 4) is 0 Å². The summed E-state index contributed by atoms with van der Waals surface area (Å²) in [6.45, 7) is 2.09. The molecule has 4 heteroatoms. The van der Waals surface area contributed by atoms with Gasteiger partial charge in [0.05, 0.1) is 0 Å². The number of hydrogen-bond acceptors (Lipinski definition) is 3. The van der Waals surface area contributed by atoms with Gasteiger partial charge in [-0.25, -0.2) is 0 Å². The third kappa shape index (κ3) is 1.44. The first kappa shape index (κ1) is 7.47. The van der Waals surface area contributed by atoms with Crippen molar-refractivity contribution in [2.45, 2.75) is 11.9 Å². The van der Waals surface area contributed by atoms with E-state index in [1.165, 1.54) is 0 Å². The van der Waals surface area contributed by atoms with Gasteiger partial charge in [-0.15, -0.1) is 11.8 Å². The fourth-order valence-electron chi connectivity index (χ4n) is 0.673. The first-order valence-electron chi connectivity index (χ1n) is 3.16. The van der Waals surface area contributed by atoms with Gasteiger partial charge in [0.15, 0.2) is 0 Å². The molecule has 3 nitrogen and oxygen atoms in total. The van der Waals surface area contributed by atoms with Gasteiger partial charge in [0.1, 0.15) is 10.8 Å². The number of nitrogen functional groups attached to an aromatic ring is 1. The summed E-state index contributed by atoms with van der Waals surface area (Å²) >= 11 is 1.70. The lowest BCUT2D eigenvalue weighted by Gasteiger charge is -1.89. The molecule has 0 unspecified atom stereocenters. The molecule has 1 aromatic heterocycles. The van der Waals surface area contributed by atoms with E-state index in [4.69, 9.17) is 5.73 Å². The molecule has 0 aromatic carbocycles. The normalized spacial score (nSPS) is 10.2. The second-order valence-electron chi connectivity index (χ2n) is 1.96. The fourth-order valence-corrected chi connectivity index (χ4v) is 1.35. The second-order valence-corrected chi connectivity index (χ2v) is 3.25. The molecule has 0 atom stereocenters. The van der Waals surface area contributed by atoms with Crippen LogP contribution in [0.25, 0.3) is 0 Å². The highest BCUT2D eigenvalue weighted by atomic mass is 32.2. The van der Waals surface area contributed by atoms with Gasteiger partial charge < -0.3 is 5.73 Å². The molecule has 0 aliphatic heterocycles. The van der Waals surface area contributed by atoms with Crippen molar-refractivity contribution < 1.29 is 0 Å². The van der Waals surface area contributed by atoms with Crippen LogP contribution in [0.5, 0.6) is 0 Å². The zero-order chi connectivity index (χ0) is 7.56. The van der Waals surface area contributed by atoms with E-state index >= 15 is 0 Å². The van der Waals surface area contributed by atoms with Gasteiger partial charge in [-0.05, 0) is 5.75 Å². The van der Waals surface area contributed by atoms with Crippen molar-refractivity contribution >= 4 is 17.6 Å². The Hall–Kier alpha value is -0.640. The molecular formula is C6H11N3S. The Morgan fingerprint density at radius 2 is 2.50 bits per heavy atom. The standard InChI is InChI=1S/C6H11N3S/c1-3-10-6-4-5(7)9(2)8-6/h4H,3,7H2,1-2H3. The average molecular weight is 157 g/mol. The highest BCUT2D eigenvalue weighted by Gasteiger charge is 1.99. The van der Waals surface area contributed by atoms with Crippen molar-refractivity contribution in [3.05, 3.63) is 6.07 Å². The molecular weight excluding hydrogens is 146 g/mol. The Morgan fingerprint density at radius 3 is 2.90 bits per heavy atom. The minimum Gasteiger partial charge on any atom is -0.384 e. The fraction of sp³-hybridized carbons (Fsp3) is 0.500. The predicted molar refractivity (Wildman–Crippen MR) is 44.0 cm³/mol. The number of hydrogen-bond donors (Lipinski definition) is 1. The SMILES string of the molecule is CCSc1cc(N)n(C)n1. The van der Waals surface area contributed by atoms with E-state index in [9.17, 15) is 0 Å². The number of nitrogens with zero attached hydrogens (tertiary/aromatic N) is 2. The molecule has 0 aliphatic rings. The molecule has 0 saturated heterocycles. The van der Waals surface area contributed by atoms with E-state index < -0.39 is 0 Å². The summed E-state index contributed by atoms with van der Waals surface area (Å²) in [6, 6.07) is 1.88. The van der Waals surface area contributed by atoms with Crippen LogP contribution in [0, 0.1) is 0 Å². The summed E-state index contributed by atoms with van der Waals surface area (Å²) in [5.74, 6) is 1.76. The van der Waals surface area contributed by atoms with Gasteiger partial charge in [-0.1, -0.05) is 6.92 Å². The van der Waals surface area contributed by atoms with Gasteiger partial charge in [0.2, 0.25) is 0 Å². The molecule has 1 heterocycles. The molecule has 0 saturated carbocycles. The summed E-state index contributed by atoms with van der Waals surface area (Å²) in [5.41, 5.74) is 5.56. The molecule has 10 heavy (non-hydrogen) atoms. The summed E-state index contributed by atoms with van der Waals surface area (Å²) in [7, 11) is 1.84. The topological polar surface area (TPSA) is 43.8 Å². The number of thioether (sulfide) groups is 1. The van der Waals surface area contributed by atoms with Crippen LogP contribution >= 0.6 is 11.8 Å². The van der Waals surface area contributed by atoms with Crippen molar-refractivity contribution in [2.75, 3.05) is 11.5 Å². The molecule has 2 N–H and O–H groups in total. The molecule has 0 fully saturated rings. The third-order valence-corrected chi connectivity index (χ3v) is 1.97. The smallest absolute Gasteiger partial charge is 0.122 e. The van der Waals surface area contributed by atoms with Gasteiger partial charge >= 0.3 is 0 Å². The number of aromatic nitrogens is 2. The monoisotopic (exact) mass is 157 g/mol. The van der Waals surface area contributed by atoms with Crippen LogP contribution in [0.3, 0.4) is 0 Å². The Balaban J connectivity index is 2.77. The van der Waals surface area contributed by atoms with Crippen LogP contribution in [0.1, 0.15) is 6.92 Å². The first-order chi connectivity index (χ1) is 4.74. The molecule has 0 amide bonds. The van der Waals surface area contributed by atoms with Crippen molar-refractivity contribution in [2.24, 2.45) is 7.05 Å². The quantitative estimate of drug-likeness (QED) is 0.654. The summed E-state index contributed by atoms with van der Waals surface area (Å²) in [4.78, 5) is 0. The maximum atomic E-state index is 5.56. The highest BCUT2D eigenvalue weighted by Crippen LogP contribution is 2.17. The summed E-state index contributed by atoms with van der Waals surface area (Å²) in [5, 5.41) is 5.16. The van der Waals surface area contributed by atoms with Crippen LogP contribution in [-0.2, 0) is 7.05 Å². The van der Waals surface area contributed by atoms with E-state index in [1.807, 2.05) is 13.1 Å². The second kappa shape index (κ2) is 2.96. The largest absolute Gasteiger partial charge is 0.384 e. The first-order valence-corrected chi connectivity index (χ1v) is 4.15. The lowest BCUT2D eigenvalue weighted by Crippen LogP contribution is -1.96. The van der Waals surface area contributed by atoms with E-state index in [-0.39, 0.29) is 0 Å². The highest BCUT2D eigenvalue weighted by molar-refractivity contribution is 7.99. The molecule has 0 bridgehead atoms. The molecule has 0 aliphatic carbocycles. The maximum absolute atomic E-state index is 5.56. The minimum absolute atomic E-state index is 0.718. The Labute approximate surface area is 64.6 Å². The van der Waals surface area contributed by atoms with Crippen LogP contribution in [0.15, 0.2) is 11.1 Å². The van der Waals surface area contributed by atoms with Gasteiger partial charge in [-0.3, -0.25) is 4.68 Å². The molecule has 0 spiro atoms. The number of anilines is 1. The molecule has 1 aromatic rings. The van der Waals surface area contributed by atoms with Crippen molar-refractivity contribution in [1.82, 2.24) is 9.78 Å². The lowest BCUT2D eigenvalue weighted by molar-refractivity contribution is 0.747. The van der Waals surface area contributed by atoms with Crippen LogP contribution in [0.4, 0.5) is 5.82 Å². The van der Waals surface area contributed by atoms with Crippen LogP contribution in [0.2, 0.25) is 0 Å². The zero-order valence-electron chi connectivity index (χ0n) is 6.16. The predicted octanol–water partition coefficient (Wildman–Crippen LogP) is 1.11. The van der Waals surface area contributed by atoms with Gasteiger partial charge in [0.25, 0.3) is 0 Å². The van der Waals surface area contributed by atoms with Crippen molar-refractivity contribution in [3.63, 3.8) is 0 Å². The molecule has 1 rings (SSSR count). The summed E-state index contributed by atoms with van der Waals surface area (Å²) in [6.07, 6.45) is 0. The van der Waals surface area contributed by atoms with E-state index in [2.05, 4.69) is 12.0 Å². The number of aryl methyl sites for hydroxylation is 1. The van der Waals surface area contributed by atoms with Crippen molar-refractivity contribution in [1.29, 1.82) is 0 Å². The minimum atomic E-state index is 0.718. The molecule has 56 valence electrons. The average Bonchev–Trinajstić information content (AvgIpc) is 2.14. The summed E-state index contributed by atoms with van der Waals surface area (Å²) < 4.78 is 1.68. The van der Waals surface area contributed by atoms with Gasteiger partial charge in [0, 0.05) is 13.1 Å². The Kier molecular flexibility index (Phi) is 2.21. The maximum Gasteiger partial charge on any atom is 0.122 e. The third-order valence-electron chi connectivity index (χ3n) is 1.19. The van der Waals surface area contributed by atoms with Crippen LogP contribution < -0.4 is 5.73 Å². The van der Waals surface area contributed by atoms with Crippen LogP contribution in [-0.4, -0.2) is 15.5 Å². The Bertz CT molecular complexity index is 199.